The molecule has 1 heterocycles. The predicted molar refractivity (Wildman–Crippen MR) is 81.8 cm³/mol. The first-order valence-electron chi connectivity index (χ1n) is 7.01. The fourth-order valence-electron chi connectivity index (χ4n) is 2.63. The summed E-state index contributed by atoms with van der Waals surface area (Å²) in [5.74, 6) is 0.478. The summed E-state index contributed by atoms with van der Waals surface area (Å²) >= 11 is 0. The summed E-state index contributed by atoms with van der Waals surface area (Å²) in [6.45, 7) is 0. The Balaban J connectivity index is 1.66. The number of nitrogens with zero attached hydrogens (tertiary/aromatic N) is 1. The number of urea groups is 1. The summed E-state index contributed by atoms with van der Waals surface area (Å²) in [5.41, 5.74) is 2.57. The third kappa shape index (κ3) is 2.87. The lowest BCUT2D eigenvalue weighted by Crippen LogP contribution is -2.36. The van der Waals surface area contributed by atoms with Gasteiger partial charge in [-0.2, -0.15) is 0 Å². The zero-order valence-corrected chi connectivity index (χ0v) is 12.1. The predicted octanol–water partition coefficient (Wildman–Crippen LogP) is 1.87. The quantitative estimate of drug-likeness (QED) is 0.808. The molecule has 0 radical (unpaired) electrons. The van der Waals surface area contributed by atoms with Crippen molar-refractivity contribution >= 4 is 11.7 Å². The molecule has 0 unspecified atom stereocenters. The Hall–Kier alpha value is -2.60. The van der Waals surface area contributed by atoms with E-state index in [9.17, 15) is 9.90 Å². The van der Waals surface area contributed by atoms with Crippen LogP contribution in [-0.4, -0.2) is 29.3 Å². The highest BCUT2D eigenvalue weighted by atomic mass is 16.5. The van der Waals surface area contributed by atoms with E-state index in [0.717, 1.165) is 11.1 Å². The first-order valence-corrected chi connectivity index (χ1v) is 7.01. The number of ether oxygens (including phenoxy) is 1. The zero-order valence-electron chi connectivity index (χ0n) is 12.1. The second-order valence-electron chi connectivity index (χ2n) is 5.14. The highest BCUT2D eigenvalue weighted by Gasteiger charge is 2.31. The first-order chi connectivity index (χ1) is 10.7. The van der Waals surface area contributed by atoms with Crippen molar-refractivity contribution in [2.75, 3.05) is 12.4 Å². The van der Waals surface area contributed by atoms with Gasteiger partial charge >= 0.3 is 6.03 Å². The van der Waals surface area contributed by atoms with Crippen molar-refractivity contribution < 1.29 is 14.6 Å². The number of carbonyl (C=O) groups excluding carboxylic acids is 1. The maximum absolute atomic E-state index is 12.1. The van der Waals surface area contributed by atoms with Crippen LogP contribution in [0.5, 0.6) is 5.88 Å². The van der Waals surface area contributed by atoms with Gasteiger partial charge in [0.05, 0.1) is 31.1 Å². The molecule has 0 bridgehead atoms. The number of pyridine rings is 1. The van der Waals surface area contributed by atoms with Crippen LogP contribution in [0.25, 0.3) is 0 Å². The second-order valence-corrected chi connectivity index (χ2v) is 5.14. The average molecular weight is 299 g/mol. The van der Waals surface area contributed by atoms with Crippen LogP contribution in [0, 0.1) is 0 Å². The Kier molecular flexibility index (Phi) is 3.93. The number of aliphatic hydroxyl groups excluding tert-OH is 1. The number of anilines is 1. The van der Waals surface area contributed by atoms with Crippen LogP contribution in [-0.2, 0) is 6.42 Å². The summed E-state index contributed by atoms with van der Waals surface area (Å²) in [6, 6.07) is 10.3. The summed E-state index contributed by atoms with van der Waals surface area (Å²) in [4.78, 5) is 16.1. The van der Waals surface area contributed by atoms with Gasteiger partial charge in [-0.1, -0.05) is 24.3 Å². The van der Waals surface area contributed by atoms with Gasteiger partial charge in [0.2, 0.25) is 5.88 Å². The number of carbonyl (C=O) groups is 1. The van der Waals surface area contributed by atoms with Crippen molar-refractivity contribution in [2.45, 2.75) is 18.6 Å². The topological polar surface area (TPSA) is 83.5 Å². The number of rotatable bonds is 3. The van der Waals surface area contributed by atoms with Crippen LogP contribution in [0.1, 0.15) is 17.2 Å². The van der Waals surface area contributed by atoms with Crippen molar-refractivity contribution in [3.05, 3.63) is 53.7 Å². The van der Waals surface area contributed by atoms with E-state index in [1.807, 2.05) is 24.3 Å². The molecule has 6 heteroatoms. The van der Waals surface area contributed by atoms with E-state index in [1.54, 1.807) is 12.1 Å². The van der Waals surface area contributed by atoms with Crippen LogP contribution in [0.15, 0.2) is 42.6 Å². The number of amides is 2. The van der Waals surface area contributed by atoms with Gasteiger partial charge in [-0.05, 0) is 17.2 Å². The molecule has 3 N–H and O–H groups in total. The van der Waals surface area contributed by atoms with Crippen LogP contribution >= 0.6 is 0 Å². The fourth-order valence-corrected chi connectivity index (χ4v) is 2.63. The summed E-state index contributed by atoms with van der Waals surface area (Å²) in [5, 5.41) is 15.6. The van der Waals surface area contributed by atoms with Crippen LogP contribution < -0.4 is 15.4 Å². The third-order valence-electron chi connectivity index (χ3n) is 3.69. The fraction of sp³-hybridized carbons (Fsp3) is 0.250. The van der Waals surface area contributed by atoms with Gasteiger partial charge in [0.15, 0.2) is 0 Å². The Morgan fingerprint density at radius 2 is 2.14 bits per heavy atom. The molecule has 1 aromatic carbocycles. The highest BCUT2D eigenvalue weighted by Crippen LogP contribution is 2.31. The molecule has 0 saturated carbocycles. The molecule has 0 fully saturated rings. The number of benzene rings is 1. The van der Waals surface area contributed by atoms with Crippen molar-refractivity contribution in [1.82, 2.24) is 10.3 Å². The van der Waals surface area contributed by atoms with E-state index in [1.165, 1.54) is 13.3 Å². The van der Waals surface area contributed by atoms with E-state index >= 15 is 0 Å². The zero-order chi connectivity index (χ0) is 15.5. The number of methoxy groups -OCH3 is 1. The number of hydrogen-bond donors (Lipinski definition) is 3. The number of nitrogens with one attached hydrogen (secondary N) is 2. The molecular formula is C16H17N3O3. The molecule has 1 aliphatic carbocycles. The standard InChI is InChI=1S/C16H17N3O3/c1-22-14-7-6-11(9-17-14)18-16(21)19-15-12-5-3-2-4-10(12)8-13(15)20/h2-7,9,13,15,20H,8H2,1H3,(H2,18,19,21)/t13-,15+/m0/s1. The lowest BCUT2D eigenvalue weighted by molar-refractivity contribution is 0.144. The van der Waals surface area contributed by atoms with Gasteiger partial charge in [0.25, 0.3) is 0 Å². The number of aromatic nitrogens is 1. The van der Waals surface area contributed by atoms with Gasteiger partial charge < -0.3 is 20.5 Å². The number of aliphatic hydroxyl groups is 1. The van der Waals surface area contributed by atoms with Gasteiger partial charge in [-0.15, -0.1) is 0 Å². The van der Waals surface area contributed by atoms with E-state index < -0.39 is 12.1 Å². The first kappa shape index (κ1) is 14.3. The molecule has 0 spiro atoms. The van der Waals surface area contributed by atoms with Gasteiger partial charge in [0, 0.05) is 12.5 Å². The molecule has 0 aliphatic heterocycles. The van der Waals surface area contributed by atoms with Crippen LogP contribution in [0.2, 0.25) is 0 Å². The summed E-state index contributed by atoms with van der Waals surface area (Å²) < 4.78 is 4.96. The number of hydrogen-bond acceptors (Lipinski definition) is 4. The monoisotopic (exact) mass is 299 g/mol. The minimum absolute atomic E-state index is 0.382. The van der Waals surface area contributed by atoms with Crippen LogP contribution in [0.3, 0.4) is 0 Å². The lowest BCUT2D eigenvalue weighted by atomic mass is 10.1. The molecule has 114 valence electrons. The molecule has 22 heavy (non-hydrogen) atoms. The smallest absolute Gasteiger partial charge is 0.319 e. The Labute approximate surface area is 128 Å². The van der Waals surface area contributed by atoms with E-state index in [4.69, 9.17) is 4.74 Å². The molecule has 0 saturated heterocycles. The van der Waals surface area contributed by atoms with Gasteiger partial charge in [0.1, 0.15) is 0 Å². The van der Waals surface area contributed by atoms with E-state index in [2.05, 4.69) is 15.6 Å². The Bertz CT molecular complexity index is 673. The maximum Gasteiger partial charge on any atom is 0.319 e. The molecule has 2 atom stereocenters. The molecule has 3 rings (SSSR count). The van der Waals surface area contributed by atoms with Gasteiger partial charge in [-0.25, -0.2) is 9.78 Å². The Morgan fingerprint density at radius 1 is 1.32 bits per heavy atom. The van der Waals surface area contributed by atoms with Crippen molar-refractivity contribution in [3.63, 3.8) is 0 Å². The van der Waals surface area contributed by atoms with Gasteiger partial charge in [-0.3, -0.25) is 0 Å². The average Bonchev–Trinajstić information content (AvgIpc) is 2.84. The maximum atomic E-state index is 12.1. The van der Waals surface area contributed by atoms with Crippen molar-refractivity contribution in [3.8, 4) is 5.88 Å². The minimum Gasteiger partial charge on any atom is -0.481 e. The third-order valence-corrected chi connectivity index (χ3v) is 3.69. The largest absolute Gasteiger partial charge is 0.481 e. The van der Waals surface area contributed by atoms with E-state index in [0.29, 0.717) is 18.0 Å². The molecule has 1 aliphatic rings. The van der Waals surface area contributed by atoms with Crippen LogP contribution in [0.4, 0.5) is 10.5 Å². The minimum atomic E-state index is -0.614. The molecule has 6 nitrogen and oxygen atoms in total. The SMILES string of the molecule is COc1ccc(NC(=O)N[C@@H]2c3ccccc3C[C@@H]2O)cn1. The second kappa shape index (κ2) is 6.03. The molecule has 2 aromatic rings. The highest BCUT2D eigenvalue weighted by molar-refractivity contribution is 5.89. The summed E-state index contributed by atoms with van der Waals surface area (Å²) in [6.07, 6.45) is 1.44. The number of fused-ring (bicyclic) bond motifs is 1. The molecule has 2 amide bonds. The lowest BCUT2D eigenvalue weighted by Gasteiger charge is -2.18. The van der Waals surface area contributed by atoms with Crippen molar-refractivity contribution in [2.24, 2.45) is 0 Å². The molecular weight excluding hydrogens is 282 g/mol. The molecule has 1 aromatic heterocycles. The van der Waals surface area contributed by atoms with E-state index in [-0.39, 0.29) is 6.03 Å². The normalized spacial score (nSPS) is 19.4. The summed E-state index contributed by atoms with van der Waals surface area (Å²) in [7, 11) is 1.53. The van der Waals surface area contributed by atoms with Crippen molar-refractivity contribution in [1.29, 1.82) is 0 Å². The Morgan fingerprint density at radius 3 is 2.86 bits per heavy atom.